The zero-order valence-corrected chi connectivity index (χ0v) is 17.0. The average Bonchev–Trinajstić information content (AvgIpc) is 2.71. The van der Waals surface area contributed by atoms with Gasteiger partial charge in [0, 0.05) is 11.3 Å². The molecule has 7 nitrogen and oxygen atoms in total. The summed E-state index contributed by atoms with van der Waals surface area (Å²) in [5.41, 5.74) is 8.06. The van der Waals surface area contributed by atoms with Crippen LogP contribution in [0.3, 0.4) is 0 Å². The maximum atomic E-state index is 12.4. The first kappa shape index (κ1) is 20.5. The van der Waals surface area contributed by atoms with Gasteiger partial charge in [0.1, 0.15) is 11.4 Å². The van der Waals surface area contributed by atoms with E-state index in [9.17, 15) is 9.59 Å². The predicted octanol–water partition coefficient (Wildman–Crippen LogP) is 3.60. The van der Waals surface area contributed by atoms with Gasteiger partial charge in [-0.15, -0.1) is 0 Å². The molecule has 3 aromatic rings. The van der Waals surface area contributed by atoms with E-state index in [0.717, 1.165) is 11.1 Å². The number of nitrogen functional groups attached to an aromatic ring is 1. The quantitative estimate of drug-likeness (QED) is 0.405. The van der Waals surface area contributed by atoms with E-state index in [-0.39, 0.29) is 11.5 Å². The highest BCUT2D eigenvalue weighted by Gasteiger charge is 2.14. The van der Waals surface area contributed by atoms with Crippen LogP contribution in [-0.4, -0.2) is 22.5 Å². The molecule has 1 aromatic heterocycles. The minimum Gasteiger partial charge on any atom is -0.494 e. The number of nitrogens with zero attached hydrogens (tertiary/aromatic N) is 1. The molecule has 0 saturated heterocycles. The summed E-state index contributed by atoms with van der Waals surface area (Å²) in [6, 6.07) is 14.6. The number of thioether (sulfide) groups is 1. The van der Waals surface area contributed by atoms with Gasteiger partial charge < -0.3 is 15.8 Å². The second kappa shape index (κ2) is 9.29. The summed E-state index contributed by atoms with van der Waals surface area (Å²) in [4.78, 5) is 31.7. The molecule has 0 fully saturated rings. The summed E-state index contributed by atoms with van der Waals surface area (Å²) < 4.78 is 5.35. The van der Waals surface area contributed by atoms with Crippen LogP contribution in [-0.2, 0) is 5.75 Å². The third-order valence-corrected chi connectivity index (χ3v) is 5.14. The maximum Gasteiger partial charge on any atom is 0.277 e. The van der Waals surface area contributed by atoms with Crippen molar-refractivity contribution >= 4 is 29.2 Å². The van der Waals surface area contributed by atoms with Crippen LogP contribution in [0.5, 0.6) is 5.75 Å². The molecule has 150 valence electrons. The van der Waals surface area contributed by atoms with Crippen molar-refractivity contribution in [1.82, 2.24) is 9.97 Å². The Balaban J connectivity index is 1.71. The van der Waals surface area contributed by atoms with E-state index in [1.165, 1.54) is 11.8 Å². The first-order valence-corrected chi connectivity index (χ1v) is 10.1. The van der Waals surface area contributed by atoms with Crippen LogP contribution in [0, 0.1) is 6.92 Å². The number of anilines is 2. The molecule has 0 aliphatic carbocycles. The number of amides is 1. The van der Waals surface area contributed by atoms with Crippen molar-refractivity contribution in [3.05, 3.63) is 75.6 Å². The van der Waals surface area contributed by atoms with Crippen LogP contribution >= 0.6 is 11.8 Å². The number of carbonyl (C=O) groups excluding carboxylic acids is 1. The van der Waals surface area contributed by atoms with Crippen LogP contribution < -0.4 is 21.3 Å². The lowest BCUT2D eigenvalue weighted by Gasteiger charge is -2.09. The Bertz CT molecular complexity index is 1060. The van der Waals surface area contributed by atoms with Gasteiger partial charge in [-0.05, 0) is 49.2 Å². The number of carbonyl (C=O) groups is 1. The van der Waals surface area contributed by atoms with Crippen molar-refractivity contribution in [3.8, 4) is 5.75 Å². The van der Waals surface area contributed by atoms with Gasteiger partial charge in [0.25, 0.3) is 11.5 Å². The van der Waals surface area contributed by atoms with E-state index >= 15 is 0 Å². The molecule has 0 aliphatic heterocycles. The Morgan fingerprint density at radius 1 is 1.21 bits per heavy atom. The van der Waals surface area contributed by atoms with Crippen LogP contribution in [0.1, 0.15) is 28.4 Å². The summed E-state index contributed by atoms with van der Waals surface area (Å²) in [6.07, 6.45) is 0. The topological polar surface area (TPSA) is 110 Å². The molecule has 0 unspecified atom stereocenters. The second-order valence-corrected chi connectivity index (χ2v) is 7.22. The number of aromatic nitrogens is 2. The Hall–Kier alpha value is -3.26. The Labute approximate surface area is 172 Å². The highest BCUT2D eigenvalue weighted by atomic mass is 32.2. The molecule has 29 heavy (non-hydrogen) atoms. The predicted molar refractivity (Wildman–Crippen MR) is 116 cm³/mol. The van der Waals surface area contributed by atoms with Crippen molar-refractivity contribution in [2.75, 3.05) is 17.7 Å². The van der Waals surface area contributed by atoms with Gasteiger partial charge in [-0.2, -0.15) is 0 Å². The first-order chi connectivity index (χ1) is 14.0. The number of aromatic amines is 1. The van der Waals surface area contributed by atoms with Gasteiger partial charge in [0.2, 0.25) is 0 Å². The fourth-order valence-electron chi connectivity index (χ4n) is 2.63. The molecular weight excluding hydrogens is 388 g/mol. The molecule has 0 atom stereocenters. The standard InChI is InChI=1S/C21H22N4O3S/c1-3-28-16-10-8-14(9-11-16)19(26)23-17-18(22)24-21(25-20(17)27)29-12-15-7-5-4-6-13(15)2/h4-11H,3,12H2,1-2H3,(H,23,26)(H3,22,24,25,27). The zero-order valence-electron chi connectivity index (χ0n) is 16.2. The third-order valence-electron chi connectivity index (χ3n) is 4.22. The van der Waals surface area contributed by atoms with Gasteiger partial charge in [-0.3, -0.25) is 14.6 Å². The largest absolute Gasteiger partial charge is 0.494 e. The lowest BCUT2D eigenvalue weighted by molar-refractivity contribution is 0.102. The minimum atomic E-state index is -0.496. The SMILES string of the molecule is CCOc1ccc(C(=O)Nc2c(N)nc(SCc3ccccc3C)[nH]c2=O)cc1. The van der Waals surface area contributed by atoms with Crippen molar-refractivity contribution < 1.29 is 9.53 Å². The van der Waals surface area contributed by atoms with Crippen molar-refractivity contribution in [3.63, 3.8) is 0 Å². The Morgan fingerprint density at radius 3 is 2.59 bits per heavy atom. The Kier molecular flexibility index (Phi) is 6.56. The second-order valence-electron chi connectivity index (χ2n) is 6.26. The summed E-state index contributed by atoms with van der Waals surface area (Å²) in [5.74, 6) is 0.832. The molecular formula is C21H22N4O3S. The molecule has 0 radical (unpaired) electrons. The van der Waals surface area contributed by atoms with Crippen LogP contribution in [0.15, 0.2) is 58.5 Å². The normalized spacial score (nSPS) is 10.6. The first-order valence-electron chi connectivity index (χ1n) is 9.09. The number of ether oxygens (including phenoxy) is 1. The fourth-order valence-corrected chi connectivity index (χ4v) is 3.58. The molecule has 8 heteroatoms. The minimum absolute atomic E-state index is 0.0275. The third kappa shape index (κ3) is 5.17. The van der Waals surface area contributed by atoms with E-state index in [1.807, 2.05) is 38.1 Å². The number of nitrogens with one attached hydrogen (secondary N) is 2. The van der Waals surface area contributed by atoms with Crippen molar-refractivity contribution in [2.45, 2.75) is 24.8 Å². The highest BCUT2D eigenvalue weighted by molar-refractivity contribution is 7.98. The summed E-state index contributed by atoms with van der Waals surface area (Å²) in [5, 5.41) is 2.93. The van der Waals surface area contributed by atoms with Gasteiger partial charge >= 0.3 is 0 Å². The molecule has 2 aromatic carbocycles. The molecule has 0 bridgehead atoms. The van der Waals surface area contributed by atoms with Crippen LogP contribution in [0.4, 0.5) is 11.5 Å². The van der Waals surface area contributed by atoms with Crippen molar-refractivity contribution in [2.24, 2.45) is 0 Å². The lowest BCUT2D eigenvalue weighted by Crippen LogP contribution is -2.23. The van der Waals surface area contributed by atoms with E-state index in [1.54, 1.807) is 24.3 Å². The lowest BCUT2D eigenvalue weighted by atomic mass is 10.1. The van der Waals surface area contributed by atoms with E-state index < -0.39 is 11.5 Å². The number of hydrogen-bond donors (Lipinski definition) is 3. The van der Waals surface area contributed by atoms with Gasteiger partial charge in [-0.1, -0.05) is 36.0 Å². The molecule has 4 N–H and O–H groups in total. The number of benzene rings is 2. The monoisotopic (exact) mass is 410 g/mol. The smallest absolute Gasteiger partial charge is 0.277 e. The fraction of sp³-hybridized carbons (Fsp3) is 0.190. The Morgan fingerprint density at radius 2 is 1.93 bits per heavy atom. The van der Waals surface area contributed by atoms with Gasteiger partial charge in [0.15, 0.2) is 11.0 Å². The maximum absolute atomic E-state index is 12.4. The van der Waals surface area contributed by atoms with Crippen molar-refractivity contribution in [1.29, 1.82) is 0 Å². The number of rotatable bonds is 7. The number of nitrogens with two attached hydrogens (primary N) is 1. The number of hydrogen-bond acceptors (Lipinski definition) is 6. The molecule has 3 rings (SSSR count). The number of H-pyrrole nitrogens is 1. The summed E-state index contributed by atoms with van der Waals surface area (Å²) >= 11 is 1.37. The summed E-state index contributed by atoms with van der Waals surface area (Å²) in [7, 11) is 0. The highest BCUT2D eigenvalue weighted by Crippen LogP contribution is 2.23. The molecule has 1 amide bonds. The van der Waals surface area contributed by atoms with Gasteiger partial charge in [0.05, 0.1) is 6.61 Å². The van der Waals surface area contributed by atoms with E-state index in [2.05, 4.69) is 15.3 Å². The zero-order chi connectivity index (χ0) is 20.8. The molecule has 0 saturated carbocycles. The molecule has 1 heterocycles. The van der Waals surface area contributed by atoms with Crippen LogP contribution in [0.2, 0.25) is 0 Å². The molecule has 0 aliphatic rings. The summed E-state index contributed by atoms with van der Waals surface area (Å²) in [6.45, 7) is 4.45. The van der Waals surface area contributed by atoms with Gasteiger partial charge in [-0.25, -0.2) is 4.98 Å². The van der Waals surface area contributed by atoms with E-state index in [4.69, 9.17) is 10.5 Å². The molecule has 0 spiro atoms. The average molecular weight is 410 g/mol. The number of aryl methyl sites for hydroxylation is 1. The van der Waals surface area contributed by atoms with E-state index in [0.29, 0.717) is 28.8 Å². The van der Waals surface area contributed by atoms with Crippen LogP contribution in [0.25, 0.3) is 0 Å².